The summed E-state index contributed by atoms with van der Waals surface area (Å²) in [5.41, 5.74) is 8.14. The van der Waals surface area contributed by atoms with E-state index >= 15 is 0 Å². The third-order valence-corrected chi connectivity index (χ3v) is 15.0. The first-order valence-electron chi connectivity index (χ1n) is 19.3. The lowest BCUT2D eigenvalue weighted by atomic mass is 9.98. The number of fused-ring (bicyclic) bond motifs is 3. The molecule has 3 amide bonds. The Morgan fingerprint density at radius 2 is 1.91 bits per heavy atom. The number of pyridine rings is 1. The van der Waals surface area contributed by atoms with Gasteiger partial charge in [-0.3, -0.25) is 19.1 Å². The van der Waals surface area contributed by atoms with Gasteiger partial charge in [0.25, 0.3) is 5.91 Å². The van der Waals surface area contributed by atoms with Gasteiger partial charge in [0.2, 0.25) is 21.8 Å². The highest BCUT2D eigenvalue weighted by Crippen LogP contribution is 2.48. The molecule has 1 aromatic carbocycles. The molecule has 2 aromatic heterocycles. The van der Waals surface area contributed by atoms with Crippen LogP contribution in [0.25, 0.3) is 21.6 Å². The molecule has 13 nitrogen and oxygen atoms in total. The van der Waals surface area contributed by atoms with E-state index in [0.29, 0.717) is 42.0 Å². The molecular weight excluding hydrogens is 741 g/mol. The fraction of sp³-hybridized carbons (Fsp3) is 0.575. The van der Waals surface area contributed by atoms with Crippen molar-refractivity contribution in [3.63, 3.8) is 0 Å². The van der Waals surface area contributed by atoms with E-state index in [4.69, 9.17) is 25.2 Å². The normalized spacial score (nSPS) is 28.7. The van der Waals surface area contributed by atoms with Crippen molar-refractivity contribution in [2.45, 2.75) is 120 Å². The number of nitrogens with zero attached hydrogens (tertiary/aromatic N) is 3. The maximum atomic E-state index is 14.6. The van der Waals surface area contributed by atoms with Gasteiger partial charge in [-0.05, 0) is 70.4 Å². The Morgan fingerprint density at radius 1 is 1.15 bits per heavy atom. The van der Waals surface area contributed by atoms with Crippen LogP contribution >= 0.6 is 11.3 Å². The second kappa shape index (κ2) is 14.8. The summed E-state index contributed by atoms with van der Waals surface area (Å²) in [6, 6.07) is 3.73. The van der Waals surface area contributed by atoms with Gasteiger partial charge >= 0.3 is 0 Å². The molecule has 7 rings (SSSR count). The predicted molar refractivity (Wildman–Crippen MR) is 211 cm³/mol. The fourth-order valence-electron chi connectivity index (χ4n) is 7.81. The van der Waals surface area contributed by atoms with Crippen LogP contribution in [0.3, 0.4) is 0 Å². The highest BCUT2D eigenvalue weighted by Gasteiger charge is 2.63. The maximum absolute atomic E-state index is 14.6. The molecule has 4 N–H and O–H groups in total. The van der Waals surface area contributed by atoms with Crippen LogP contribution in [0.15, 0.2) is 35.7 Å². The molecule has 2 saturated carbocycles. The number of sulfonamides is 1. The number of carbonyl (C=O) groups is 3. The van der Waals surface area contributed by atoms with Crippen LogP contribution in [-0.2, 0) is 24.4 Å². The number of ether oxygens (including phenoxy) is 2. The third-order valence-electron chi connectivity index (χ3n) is 12.0. The number of amides is 3. The number of benzene rings is 1. The zero-order valence-corrected chi connectivity index (χ0v) is 34.0. The van der Waals surface area contributed by atoms with Gasteiger partial charge in [0.15, 0.2) is 0 Å². The standard InChI is InChI=1S/C40H52N6O7S2/c1-22(2)29-21-54-36(43-29)28-18-31(26-14-15-30(52-6)23(3)33(26)42-28)53-32-20-46-34(24(32)4)35(47)44-40(38(49)45-55(50,51)39(5)16-17-39)19-25(40)12-10-8-7-9-11-13-27(41)37(46)48/h10,12,14-15,18,21-22,24-25,27,32,34H,7-9,11,13,16-17,19-20,41H2,1-6H3,(H,44,47)(H,45,49)/b12-10-/t24?,25-,27+,32+,34+,40-/m1/s1. The molecule has 4 heterocycles. The van der Waals surface area contributed by atoms with Crippen LogP contribution < -0.4 is 25.2 Å². The highest BCUT2D eigenvalue weighted by molar-refractivity contribution is 7.91. The summed E-state index contributed by atoms with van der Waals surface area (Å²) in [5, 5.41) is 6.45. The molecule has 4 aliphatic rings. The van der Waals surface area contributed by atoms with E-state index in [9.17, 15) is 22.8 Å². The minimum absolute atomic E-state index is 0.0735. The number of carbonyl (C=O) groups excluding carboxylic acids is 3. The monoisotopic (exact) mass is 792 g/mol. The lowest BCUT2D eigenvalue weighted by molar-refractivity contribution is -0.141. The van der Waals surface area contributed by atoms with E-state index in [-0.39, 0.29) is 24.8 Å². The first kappa shape index (κ1) is 39.2. The lowest BCUT2D eigenvalue weighted by Crippen LogP contribution is -2.59. The number of aromatic nitrogens is 2. The second-order valence-electron chi connectivity index (χ2n) is 16.3. The van der Waals surface area contributed by atoms with Gasteiger partial charge in [-0.1, -0.05) is 45.8 Å². The summed E-state index contributed by atoms with van der Waals surface area (Å²) in [4.78, 5) is 53.9. The first-order valence-corrected chi connectivity index (χ1v) is 21.7. The molecule has 296 valence electrons. The molecule has 1 saturated heterocycles. The van der Waals surface area contributed by atoms with E-state index in [2.05, 4.69) is 23.9 Å². The van der Waals surface area contributed by atoms with E-state index in [0.717, 1.165) is 47.3 Å². The largest absolute Gasteiger partial charge is 0.496 e. The van der Waals surface area contributed by atoms with Gasteiger partial charge in [0.05, 0.1) is 35.7 Å². The van der Waals surface area contributed by atoms with Gasteiger partial charge in [-0.2, -0.15) is 0 Å². The number of hydrogen-bond acceptors (Lipinski definition) is 11. The van der Waals surface area contributed by atoms with Crippen molar-refractivity contribution < 1.29 is 32.3 Å². The highest BCUT2D eigenvalue weighted by atomic mass is 32.2. The Hall–Kier alpha value is -4.08. The molecule has 0 spiro atoms. The second-order valence-corrected chi connectivity index (χ2v) is 19.4. The number of thiazole rings is 1. The number of nitrogens with one attached hydrogen (secondary N) is 2. The minimum Gasteiger partial charge on any atom is -0.496 e. The molecule has 2 aliphatic heterocycles. The van der Waals surface area contributed by atoms with Crippen molar-refractivity contribution >= 4 is 50.0 Å². The smallest absolute Gasteiger partial charge is 0.259 e. The van der Waals surface area contributed by atoms with Crippen LogP contribution in [0, 0.1) is 18.8 Å². The zero-order valence-electron chi connectivity index (χ0n) is 32.4. The van der Waals surface area contributed by atoms with Gasteiger partial charge < -0.3 is 25.4 Å². The number of hydrogen-bond donors (Lipinski definition) is 3. The Kier molecular flexibility index (Phi) is 10.5. The average Bonchev–Trinajstić information content (AvgIpc) is 3.95. The van der Waals surface area contributed by atoms with Crippen molar-refractivity contribution in [1.82, 2.24) is 24.9 Å². The summed E-state index contributed by atoms with van der Waals surface area (Å²) in [6.45, 7) is 9.64. The van der Waals surface area contributed by atoms with Crippen LogP contribution in [0.5, 0.6) is 11.5 Å². The molecule has 2 aliphatic carbocycles. The molecule has 15 heteroatoms. The molecule has 0 bridgehead atoms. The Labute approximate surface area is 326 Å². The van der Waals surface area contributed by atoms with Gasteiger partial charge in [0, 0.05) is 34.2 Å². The Bertz CT molecular complexity index is 2150. The summed E-state index contributed by atoms with van der Waals surface area (Å²) >= 11 is 1.50. The van der Waals surface area contributed by atoms with Gasteiger partial charge in [-0.15, -0.1) is 11.3 Å². The molecule has 55 heavy (non-hydrogen) atoms. The van der Waals surface area contributed by atoms with Crippen LogP contribution in [0.1, 0.15) is 96.2 Å². The van der Waals surface area contributed by atoms with E-state index in [1.807, 2.05) is 49.6 Å². The molecular formula is C40H52N6O7S2. The van der Waals surface area contributed by atoms with Crippen LogP contribution in [0.2, 0.25) is 0 Å². The molecule has 6 atom stereocenters. The van der Waals surface area contributed by atoms with Crippen molar-refractivity contribution in [3.8, 4) is 22.2 Å². The molecule has 3 aromatic rings. The van der Waals surface area contributed by atoms with Crippen LogP contribution in [0.4, 0.5) is 0 Å². The summed E-state index contributed by atoms with van der Waals surface area (Å²) in [5.74, 6) is -1.20. The Balaban J connectivity index is 1.24. The van der Waals surface area contributed by atoms with E-state index < -0.39 is 62.1 Å². The third kappa shape index (κ3) is 7.35. The zero-order chi connectivity index (χ0) is 39.4. The average molecular weight is 793 g/mol. The number of methoxy groups -OCH3 is 1. The number of rotatable bonds is 8. The maximum Gasteiger partial charge on any atom is 0.259 e. The number of nitrogens with two attached hydrogens (primary N) is 1. The SMILES string of the molecule is COc1ccc2c(O[C@H]3CN4C(=O)[C@@H](N)CCCCC/C=C\[C@@H]5C[C@@]5(C(=O)NS(=O)(=O)C5(C)CC5)NC(=O)[C@@H]4C3C)cc(-c3nc(C(C)C)cs3)nc2c1C. The lowest BCUT2D eigenvalue weighted by Gasteiger charge is -2.30. The van der Waals surface area contributed by atoms with Crippen molar-refractivity contribution in [2.75, 3.05) is 13.7 Å². The molecule has 0 radical (unpaired) electrons. The molecule has 3 fully saturated rings. The quantitative estimate of drug-likeness (QED) is 0.259. The number of aryl methyl sites for hydroxylation is 1. The predicted octanol–water partition coefficient (Wildman–Crippen LogP) is 5.11. The summed E-state index contributed by atoms with van der Waals surface area (Å²) < 4.78 is 40.1. The van der Waals surface area contributed by atoms with Crippen molar-refractivity contribution in [3.05, 3.63) is 47.0 Å². The minimum atomic E-state index is -3.96. The Morgan fingerprint density at radius 3 is 2.60 bits per heavy atom. The fourth-order valence-corrected chi connectivity index (χ4v) is 10.1. The van der Waals surface area contributed by atoms with Crippen molar-refractivity contribution in [1.29, 1.82) is 0 Å². The van der Waals surface area contributed by atoms with E-state index in [1.54, 1.807) is 14.0 Å². The number of allylic oxidation sites excluding steroid dienone is 1. The van der Waals surface area contributed by atoms with Gasteiger partial charge in [-0.25, -0.2) is 18.4 Å². The van der Waals surface area contributed by atoms with Crippen LogP contribution in [-0.4, -0.2) is 83.1 Å². The van der Waals surface area contributed by atoms with Crippen molar-refractivity contribution in [2.24, 2.45) is 17.6 Å². The van der Waals surface area contributed by atoms with Gasteiger partial charge in [0.1, 0.15) is 39.9 Å². The topological polar surface area (TPSA) is 183 Å². The first-order chi connectivity index (χ1) is 26.1. The summed E-state index contributed by atoms with van der Waals surface area (Å²) in [6.07, 6.45) is 8.10. The van der Waals surface area contributed by atoms with E-state index in [1.165, 1.54) is 16.2 Å². The summed E-state index contributed by atoms with van der Waals surface area (Å²) in [7, 11) is -2.35. The molecule has 1 unspecified atom stereocenters.